The molecule has 1 unspecified atom stereocenters. The second kappa shape index (κ2) is 4.91. The predicted octanol–water partition coefficient (Wildman–Crippen LogP) is 2.84. The molecule has 15 heavy (non-hydrogen) atoms. The smallest absolute Gasteiger partial charge is 0.130 e. The summed E-state index contributed by atoms with van der Waals surface area (Å²) in [6.45, 7) is 3.67. The van der Waals surface area contributed by atoms with E-state index in [1.54, 1.807) is 6.07 Å². The zero-order chi connectivity index (χ0) is 11.4. The summed E-state index contributed by atoms with van der Waals surface area (Å²) in [6.07, 6.45) is 1.10. The van der Waals surface area contributed by atoms with Crippen LogP contribution in [0.1, 0.15) is 30.4 Å². The summed E-state index contributed by atoms with van der Waals surface area (Å²) in [5.41, 5.74) is 1.37. The first kappa shape index (κ1) is 11.7. The lowest BCUT2D eigenvalue weighted by molar-refractivity contribution is -0.108. The summed E-state index contributed by atoms with van der Waals surface area (Å²) in [5, 5.41) is 0. The molecule has 1 atom stereocenters. The van der Waals surface area contributed by atoms with Gasteiger partial charge in [-0.2, -0.15) is 0 Å². The van der Waals surface area contributed by atoms with Gasteiger partial charge < -0.3 is 9.53 Å². The number of aryl methyl sites for hydroxylation is 1. The van der Waals surface area contributed by atoms with E-state index in [-0.39, 0.29) is 11.7 Å². The standard InChI is InChI=1S/C12H15FO2/c1-8(6-7-14)11-10(13)5-4-9(2)12(11)15-3/h4-5,7-8H,6H2,1-3H3. The van der Waals surface area contributed by atoms with Crippen LogP contribution in [0.5, 0.6) is 5.75 Å². The average Bonchev–Trinajstić information content (AvgIpc) is 2.21. The van der Waals surface area contributed by atoms with Crippen molar-refractivity contribution in [3.8, 4) is 5.75 Å². The van der Waals surface area contributed by atoms with Gasteiger partial charge in [-0.05, 0) is 24.5 Å². The van der Waals surface area contributed by atoms with E-state index in [1.807, 2.05) is 13.8 Å². The van der Waals surface area contributed by atoms with Crippen LogP contribution in [0.15, 0.2) is 12.1 Å². The highest BCUT2D eigenvalue weighted by Gasteiger charge is 2.17. The molecule has 0 aromatic heterocycles. The highest BCUT2D eigenvalue weighted by molar-refractivity contribution is 5.53. The maximum Gasteiger partial charge on any atom is 0.130 e. The van der Waals surface area contributed by atoms with E-state index in [9.17, 15) is 9.18 Å². The number of halogens is 1. The fourth-order valence-corrected chi connectivity index (χ4v) is 1.68. The molecule has 0 amide bonds. The van der Waals surface area contributed by atoms with Crippen LogP contribution in [-0.2, 0) is 4.79 Å². The van der Waals surface area contributed by atoms with Gasteiger partial charge in [0.2, 0.25) is 0 Å². The third-order valence-electron chi connectivity index (χ3n) is 2.49. The molecule has 0 aliphatic carbocycles. The van der Waals surface area contributed by atoms with Gasteiger partial charge in [-0.3, -0.25) is 0 Å². The van der Waals surface area contributed by atoms with Gasteiger partial charge in [-0.15, -0.1) is 0 Å². The summed E-state index contributed by atoms with van der Waals surface area (Å²) in [5.74, 6) is 0.0773. The van der Waals surface area contributed by atoms with Gasteiger partial charge in [-0.1, -0.05) is 13.0 Å². The molecule has 82 valence electrons. The van der Waals surface area contributed by atoms with Gasteiger partial charge in [-0.25, -0.2) is 4.39 Å². The lowest BCUT2D eigenvalue weighted by atomic mass is 9.95. The summed E-state index contributed by atoms with van der Waals surface area (Å²) >= 11 is 0. The topological polar surface area (TPSA) is 26.3 Å². The first-order valence-corrected chi connectivity index (χ1v) is 4.88. The first-order valence-electron chi connectivity index (χ1n) is 4.88. The van der Waals surface area contributed by atoms with E-state index in [2.05, 4.69) is 0 Å². The van der Waals surface area contributed by atoms with Gasteiger partial charge in [0, 0.05) is 12.0 Å². The largest absolute Gasteiger partial charge is 0.496 e. The predicted molar refractivity (Wildman–Crippen MR) is 56.8 cm³/mol. The Kier molecular flexibility index (Phi) is 3.83. The molecule has 0 N–H and O–H groups in total. The molecule has 0 aliphatic rings. The zero-order valence-electron chi connectivity index (χ0n) is 9.21. The number of carbonyl (C=O) groups excluding carboxylic acids is 1. The van der Waals surface area contributed by atoms with Crippen molar-refractivity contribution >= 4 is 6.29 Å². The number of benzene rings is 1. The van der Waals surface area contributed by atoms with Crippen molar-refractivity contribution in [3.63, 3.8) is 0 Å². The van der Waals surface area contributed by atoms with Crippen LogP contribution in [0.3, 0.4) is 0 Å². The molecule has 0 radical (unpaired) electrons. The number of hydrogen-bond donors (Lipinski definition) is 0. The molecular formula is C12H15FO2. The number of rotatable bonds is 4. The fraction of sp³-hybridized carbons (Fsp3) is 0.417. The van der Waals surface area contributed by atoms with Gasteiger partial charge in [0.15, 0.2) is 0 Å². The molecule has 1 aromatic carbocycles. The van der Waals surface area contributed by atoms with Crippen molar-refractivity contribution in [2.45, 2.75) is 26.2 Å². The zero-order valence-corrected chi connectivity index (χ0v) is 9.21. The molecular weight excluding hydrogens is 195 g/mol. The normalized spacial score (nSPS) is 12.3. The lowest BCUT2D eigenvalue weighted by Crippen LogP contribution is -2.03. The lowest BCUT2D eigenvalue weighted by Gasteiger charge is -2.16. The Hall–Kier alpha value is -1.38. The van der Waals surface area contributed by atoms with E-state index in [1.165, 1.54) is 13.2 Å². The van der Waals surface area contributed by atoms with Crippen LogP contribution < -0.4 is 4.74 Å². The van der Waals surface area contributed by atoms with Crippen LogP contribution in [0, 0.1) is 12.7 Å². The Morgan fingerprint density at radius 1 is 1.53 bits per heavy atom. The molecule has 0 heterocycles. The summed E-state index contributed by atoms with van der Waals surface area (Å²) in [6, 6.07) is 3.08. The highest BCUT2D eigenvalue weighted by atomic mass is 19.1. The number of hydrogen-bond acceptors (Lipinski definition) is 2. The second-order valence-corrected chi connectivity index (χ2v) is 3.61. The minimum absolute atomic E-state index is 0.155. The summed E-state index contributed by atoms with van der Waals surface area (Å²) < 4.78 is 18.8. The molecule has 0 aliphatic heterocycles. The van der Waals surface area contributed by atoms with E-state index in [0.29, 0.717) is 17.7 Å². The Balaban J connectivity index is 3.23. The number of methoxy groups -OCH3 is 1. The molecule has 2 nitrogen and oxygen atoms in total. The molecule has 0 saturated heterocycles. The van der Waals surface area contributed by atoms with Crippen molar-refractivity contribution in [2.24, 2.45) is 0 Å². The third-order valence-corrected chi connectivity index (χ3v) is 2.49. The van der Waals surface area contributed by atoms with Gasteiger partial charge in [0.05, 0.1) is 7.11 Å². The van der Waals surface area contributed by atoms with Crippen LogP contribution in [-0.4, -0.2) is 13.4 Å². The number of aldehydes is 1. The SMILES string of the molecule is COc1c(C)ccc(F)c1C(C)CC=O. The van der Waals surface area contributed by atoms with Crippen LogP contribution in [0.2, 0.25) is 0 Å². The van der Waals surface area contributed by atoms with E-state index >= 15 is 0 Å². The highest BCUT2D eigenvalue weighted by Crippen LogP contribution is 2.33. The van der Waals surface area contributed by atoms with Gasteiger partial charge in [0.1, 0.15) is 17.9 Å². The fourth-order valence-electron chi connectivity index (χ4n) is 1.68. The van der Waals surface area contributed by atoms with Crippen LogP contribution in [0.4, 0.5) is 4.39 Å². The summed E-state index contributed by atoms with van der Waals surface area (Å²) in [7, 11) is 1.51. The van der Waals surface area contributed by atoms with Crippen molar-refractivity contribution in [3.05, 3.63) is 29.1 Å². The number of ether oxygens (including phenoxy) is 1. The van der Waals surface area contributed by atoms with Crippen molar-refractivity contribution in [1.82, 2.24) is 0 Å². The average molecular weight is 210 g/mol. The molecule has 3 heteroatoms. The Bertz CT molecular complexity index is 361. The number of carbonyl (C=O) groups is 1. The van der Waals surface area contributed by atoms with Gasteiger partial charge in [0.25, 0.3) is 0 Å². The quantitative estimate of drug-likeness (QED) is 0.714. The van der Waals surface area contributed by atoms with Crippen molar-refractivity contribution < 1.29 is 13.9 Å². The third kappa shape index (κ3) is 2.35. The maximum absolute atomic E-state index is 13.6. The van der Waals surface area contributed by atoms with Gasteiger partial charge >= 0.3 is 0 Å². The maximum atomic E-state index is 13.6. The minimum Gasteiger partial charge on any atom is -0.496 e. The molecule has 0 bridgehead atoms. The molecule has 1 rings (SSSR count). The molecule has 0 spiro atoms. The van der Waals surface area contributed by atoms with E-state index in [0.717, 1.165) is 11.8 Å². The van der Waals surface area contributed by atoms with E-state index in [4.69, 9.17) is 4.74 Å². The van der Waals surface area contributed by atoms with E-state index < -0.39 is 0 Å². The Labute approximate surface area is 89.1 Å². The van der Waals surface area contributed by atoms with Crippen LogP contribution >= 0.6 is 0 Å². The van der Waals surface area contributed by atoms with Crippen LogP contribution in [0.25, 0.3) is 0 Å². The second-order valence-electron chi connectivity index (χ2n) is 3.61. The monoisotopic (exact) mass is 210 g/mol. The molecule has 1 aromatic rings. The Morgan fingerprint density at radius 3 is 2.73 bits per heavy atom. The molecule has 0 fully saturated rings. The Morgan fingerprint density at radius 2 is 2.20 bits per heavy atom. The van der Waals surface area contributed by atoms with Crippen molar-refractivity contribution in [2.75, 3.05) is 7.11 Å². The summed E-state index contributed by atoms with van der Waals surface area (Å²) in [4.78, 5) is 10.4. The first-order chi connectivity index (χ1) is 7.11. The molecule has 0 saturated carbocycles. The van der Waals surface area contributed by atoms with Crippen molar-refractivity contribution in [1.29, 1.82) is 0 Å². The minimum atomic E-state index is -0.313.